The number of hydrogen-bond donors (Lipinski definition) is 0. The van der Waals surface area contributed by atoms with Crippen LogP contribution < -0.4 is 4.90 Å². The van der Waals surface area contributed by atoms with Crippen molar-refractivity contribution >= 4 is 40.0 Å². The Morgan fingerprint density at radius 3 is 2.50 bits per heavy atom. The van der Waals surface area contributed by atoms with Gasteiger partial charge in [-0.05, 0) is 37.7 Å². The highest BCUT2D eigenvalue weighted by atomic mass is 32.2. The Hall–Kier alpha value is -1.93. The van der Waals surface area contributed by atoms with Crippen LogP contribution in [-0.4, -0.2) is 46.0 Å². The van der Waals surface area contributed by atoms with E-state index in [0.29, 0.717) is 5.13 Å². The van der Waals surface area contributed by atoms with Crippen molar-refractivity contribution in [3.05, 3.63) is 35.9 Å². The molecule has 1 saturated carbocycles. The molecule has 0 N–H and O–H groups in total. The Morgan fingerprint density at radius 1 is 1.14 bits per heavy atom. The van der Waals surface area contributed by atoms with Crippen LogP contribution in [0.4, 0.5) is 5.13 Å². The molecule has 1 aliphatic heterocycles. The predicted octanol–water partition coefficient (Wildman–Crippen LogP) is 3.90. The van der Waals surface area contributed by atoms with Crippen LogP contribution in [0.15, 0.2) is 34.7 Å². The quantitative estimate of drug-likeness (QED) is 0.528. The summed E-state index contributed by atoms with van der Waals surface area (Å²) in [5.41, 5.74) is 0.977. The van der Waals surface area contributed by atoms with E-state index in [0.717, 1.165) is 48.7 Å². The summed E-state index contributed by atoms with van der Waals surface area (Å²) in [4.78, 5) is 29.0. The highest BCUT2D eigenvalue weighted by molar-refractivity contribution is 8.01. The second-order valence-electron chi connectivity index (χ2n) is 7.27. The molecule has 1 atom stereocenters. The number of benzene rings is 1. The SMILES string of the molecule is CC(=O)N(c1nnc(SC(C(=O)N2CCCCC2)c2ccccc2)s1)C1CC1. The van der Waals surface area contributed by atoms with Crippen LogP contribution in [0.1, 0.15) is 49.8 Å². The number of carbonyl (C=O) groups is 2. The largest absolute Gasteiger partial charge is 0.341 e. The van der Waals surface area contributed by atoms with Gasteiger partial charge in [0.05, 0.1) is 0 Å². The van der Waals surface area contributed by atoms with Crippen molar-refractivity contribution in [2.24, 2.45) is 0 Å². The van der Waals surface area contributed by atoms with Gasteiger partial charge in [-0.1, -0.05) is 53.4 Å². The summed E-state index contributed by atoms with van der Waals surface area (Å²) < 4.78 is 0.723. The monoisotopic (exact) mass is 416 g/mol. The fourth-order valence-electron chi connectivity index (χ4n) is 3.50. The van der Waals surface area contributed by atoms with Gasteiger partial charge in [0.15, 0.2) is 4.34 Å². The zero-order chi connectivity index (χ0) is 19.5. The van der Waals surface area contributed by atoms with E-state index < -0.39 is 0 Å². The lowest BCUT2D eigenvalue weighted by Crippen LogP contribution is -2.38. The lowest BCUT2D eigenvalue weighted by atomic mass is 10.1. The average Bonchev–Trinajstić information content (AvgIpc) is 3.44. The van der Waals surface area contributed by atoms with Crippen molar-refractivity contribution in [1.82, 2.24) is 15.1 Å². The van der Waals surface area contributed by atoms with E-state index in [1.165, 1.54) is 29.5 Å². The Balaban J connectivity index is 1.56. The van der Waals surface area contributed by atoms with Crippen LogP contribution in [-0.2, 0) is 9.59 Å². The van der Waals surface area contributed by atoms with Gasteiger partial charge in [-0.15, -0.1) is 10.2 Å². The normalized spacial score (nSPS) is 18.0. The van der Waals surface area contributed by atoms with Gasteiger partial charge >= 0.3 is 0 Å². The van der Waals surface area contributed by atoms with Gasteiger partial charge in [0.2, 0.25) is 16.9 Å². The van der Waals surface area contributed by atoms with Crippen molar-refractivity contribution in [3.63, 3.8) is 0 Å². The molecule has 0 bridgehead atoms. The molecule has 8 heteroatoms. The number of nitrogens with zero attached hydrogens (tertiary/aromatic N) is 4. The Labute approximate surface area is 173 Å². The molecule has 1 aromatic heterocycles. The fraction of sp³-hybridized carbons (Fsp3) is 0.500. The van der Waals surface area contributed by atoms with Crippen molar-refractivity contribution < 1.29 is 9.59 Å². The summed E-state index contributed by atoms with van der Waals surface area (Å²) in [6.45, 7) is 3.22. The average molecular weight is 417 g/mol. The molecule has 4 rings (SSSR count). The number of likely N-dealkylation sites (tertiary alicyclic amines) is 1. The highest BCUT2D eigenvalue weighted by Gasteiger charge is 2.35. The number of rotatable bonds is 6. The van der Waals surface area contributed by atoms with E-state index in [4.69, 9.17) is 0 Å². The Bertz CT molecular complexity index is 832. The van der Waals surface area contributed by atoms with Gasteiger partial charge in [0.1, 0.15) is 5.25 Å². The van der Waals surface area contributed by atoms with Crippen LogP contribution in [0.2, 0.25) is 0 Å². The molecule has 2 aliphatic rings. The molecule has 2 fully saturated rings. The fourth-order valence-corrected chi connectivity index (χ4v) is 5.73. The topological polar surface area (TPSA) is 66.4 Å². The first kappa shape index (κ1) is 19.4. The molecule has 148 valence electrons. The molecular weight excluding hydrogens is 392 g/mol. The van der Waals surface area contributed by atoms with E-state index >= 15 is 0 Å². The molecule has 0 radical (unpaired) electrons. The second-order valence-corrected chi connectivity index (χ2v) is 9.57. The third-order valence-corrected chi connectivity index (χ3v) is 7.31. The summed E-state index contributed by atoms with van der Waals surface area (Å²) in [5.74, 6) is 0.137. The lowest BCUT2D eigenvalue weighted by molar-refractivity contribution is -0.131. The van der Waals surface area contributed by atoms with Gasteiger partial charge in [-0.3, -0.25) is 14.5 Å². The van der Waals surface area contributed by atoms with E-state index in [1.54, 1.807) is 11.8 Å². The van der Waals surface area contributed by atoms with Gasteiger partial charge in [-0.2, -0.15) is 0 Å². The predicted molar refractivity (Wildman–Crippen MR) is 112 cm³/mol. The standard InChI is InChI=1S/C20H24N4O2S2/c1-14(25)24(16-10-11-16)19-21-22-20(28-19)27-17(15-8-4-2-5-9-15)18(26)23-12-6-3-7-13-23/h2,4-5,8-9,16-17H,3,6-7,10-13H2,1H3. The number of thioether (sulfide) groups is 1. The van der Waals surface area contributed by atoms with Crippen molar-refractivity contribution in [3.8, 4) is 0 Å². The van der Waals surface area contributed by atoms with Crippen LogP contribution in [0, 0.1) is 0 Å². The minimum Gasteiger partial charge on any atom is -0.341 e. The summed E-state index contributed by atoms with van der Waals surface area (Å²) in [6.07, 6.45) is 5.35. The first-order valence-electron chi connectivity index (χ1n) is 9.77. The summed E-state index contributed by atoms with van der Waals surface area (Å²) in [6, 6.07) is 10.1. The maximum atomic E-state index is 13.3. The number of anilines is 1. The van der Waals surface area contributed by atoms with E-state index in [9.17, 15) is 9.59 Å². The third-order valence-electron chi connectivity index (χ3n) is 5.07. The molecule has 1 saturated heterocycles. The Kier molecular flexibility index (Phi) is 5.96. The van der Waals surface area contributed by atoms with Crippen molar-refractivity contribution in [2.45, 2.75) is 54.7 Å². The molecule has 28 heavy (non-hydrogen) atoms. The molecule has 0 spiro atoms. The molecule has 6 nitrogen and oxygen atoms in total. The van der Waals surface area contributed by atoms with E-state index in [1.807, 2.05) is 35.2 Å². The summed E-state index contributed by atoms with van der Waals surface area (Å²) in [7, 11) is 0. The summed E-state index contributed by atoms with van der Waals surface area (Å²) in [5, 5.41) is 8.83. The summed E-state index contributed by atoms with van der Waals surface area (Å²) >= 11 is 2.84. The zero-order valence-corrected chi connectivity index (χ0v) is 17.5. The smallest absolute Gasteiger partial charge is 0.240 e. The number of hydrogen-bond acceptors (Lipinski definition) is 6. The first-order valence-corrected chi connectivity index (χ1v) is 11.5. The van der Waals surface area contributed by atoms with Gasteiger partial charge in [0.25, 0.3) is 0 Å². The second kappa shape index (κ2) is 8.61. The molecule has 2 amide bonds. The van der Waals surface area contributed by atoms with E-state index in [-0.39, 0.29) is 23.1 Å². The van der Waals surface area contributed by atoms with Crippen LogP contribution in [0.5, 0.6) is 0 Å². The van der Waals surface area contributed by atoms with Crippen molar-refractivity contribution in [2.75, 3.05) is 18.0 Å². The van der Waals surface area contributed by atoms with Gasteiger partial charge < -0.3 is 4.90 Å². The minimum absolute atomic E-state index is 0.000738. The van der Waals surface area contributed by atoms with Crippen LogP contribution in [0.25, 0.3) is 0 Å². The third kappa shape index (κ3) is 4.38. The molecule has 2 heterocycles. The zero-order valence-electron chi connectivity index (χ0n) is 15.9. The van der Waals surface area contributed by atoms with Gasteiger partial charge in [-0.25, -0.2) is 0 Å². The first-order chi connectivity index (χ1) is 13.6. The number of amides is 2. The number of carbonyl (C=O) groups excluding carboxylic acids is 2. The van der Waals surface area contributed by atoms with E-state index in [2.05, 4.69) is 10.2 Å². The number of piperidine rings is 1. The van der Waals surface area contributed by atoms with Crippen LogP contribution in [0.3, 0.4) is 0 Å². The molecule has 1 aromatic carbocycles. The van der Waals surface area contributed by atoms with Gasteiger partial charge in [0, 0.05) is 26.1 Å². The highest BCUT2D eigenvalue weighted by Crippen LogP contribution is 2.41. The molecule has 1 unspecified atom stereocenters. The maximum Gasteiger partial charge on any atom is 0.240 e. The number of aromatic nitrogens is 2. The van der Waals surface area contributed by atoms with Crippen LogP contribution >= 0.6 is 23.1 Å². The lowest BCUT2D eigenvalue weighted by Gasteiger charge is -2.30. The molecular formula is C20H24N4O2S2. The molecule has 2 aromatic rings. The minimum atomic E-state index is -0.341. The maximum absolute atomic E-state index is 13.3. The Morgan fingerprint density at radius 2 is 1.86 bits per heavy atom. The van der Waals surface area contributed by atoms with Crippen molar-refractivity contribution in [1.29, 1.82) is 0 Å². The molecule has 1 aliphatic carbocycles.